The van der Waals surface area contributed by atoms with Crippen molar-refractivity contribution < 1.29 is 0 Å². The molecular weight excluding hydrogens is 184 g/mol. The van der Waals surface area contributed by atoms with E-state index < -0.39 is 0 Å². The fourth-order valence-electron chi connectivity index (χ4n) is 2.27. The average Bonchev–Trinajstić information content (AvgIpc) is 2.20. The lowest BCUT2D eigenvalue weighted by molar-refractivity contribution is 0.393. The molecule has 0 saturated carbocycles. The molecule has 0 atom stereocenters. The van der Waals surface area contributed by atoms with Gasteiger partial charge in [0.15, 0.2) is 0 Å². The molecule has 0 saturated heterocycles. The summed E-state index contributed by atoms with van der Waals surface area (Å²) in [6.45, 7) is 4.52. The van der Waals surface area contributed by atoms with Crippen LogP contribution >= 0.6 is 0 Å². The Bertz CT molecular complexity index is 405. The number of fused-ring (bicyclic) bond motifs is 1. The van der Waals surface area contributed by atoms with Crippen molar-refractivity contribution in [3.05, 3.63) is 24.3 Å². The maximum Gasteiger partial charge on any atom is 0.0824 e. The van der Waals surface area contributed by atoms with E-state index in [1.807, 2.05) is 0 Å². The lowest BCUT2D eigenvalue weighted by atomic mass is 10.1. The van der Waals surface area contributed by atoms with E-state index in [1.54, 1.807) is 0 Å². The molecule has 0 radical (unpaired) electrons. The Labute approximate surface area is 91.3 Å². The topological polar surface area (TPSA) is 20.7 Å². The summed E-state index contributed by atoms with van der Waals surface area (Å²) in [5, 5.41) is 3.43. The van der Waals surface area contributed by atoms with Gasteiger partial charge >= 0.3 is 0 Å². The van der Waals surface area contributed by atoms with Crippen molar-refractivity contribution in [2.75, 3.05) is 0 Å². The Morgan fingerprint density at radius 2 is 1.80 bits per heavy atom. The summed E-state index contributed by atoms with van der Waals surface area (Å²) in [6.07, 6.45) is 5.06. The molecule has 0 aliphatic rings. The van der Waals surface area contributed by atoms with Gasteiger partial charge in [-0.25, -0.2) is 0 Å². The largest absolute Gasteiger partial charge is 0.296 e. The number of H-pyrrole nitrogens is 1. The van der Waals surface area contributed by atoms with Gasteiger partial charge in [-0.15, -0.1) is 0 Å². The highest BCUT2D eigenvalue weighted by molar-refractivity contribution is 5.76. The first-order valence-electron chi connectivity index (χ1n) is 6.01. The quantitative estimate of drug-likeness (QED) is 0.756. The predicted molar refractivity (Wildman–Crippen MR) is 65.1 cm³/mol. The molecule has 0 amide bonds. The van der Waals surface area contributed by atoms with Gasteiger partial charge in [-0.2, -0.15) is 0 Å². The minimum absolute atomic E-state index is 0.662. The molecule has 82 valence electrons. The van der Waals surface area contributed by atoms with Crippen molar-refractivity contribution in [1.82, 2.24) is 9.78 Å². The van der Waals surface area contributed by atoms with Gasteiger partial charge in [0, 0.05) is 0 Å². The fourth-order valence-corrected chi connectivity index (χ4v) is 2.27. The Morgan fingerprint density at radius 1 is 1.13 bits per heavy atom. The van der Waals surface area contributed by atoms with Crippen LogP contribution < -0.4 is 0 Å². The van der Waals surface area contributed by atoms with E-state index in [9.17, 15) is 0 Å². The van der Waals surface area contributed by atoms with Gasteiger partial charge in [0.05, 0.1) is 17.1 Å². The van der Waals surface area contributed by atoms with Gasteiger partial charge < -0.3 is 0 Å². The fraction of sp³-hybridized carbons (Fsp3) is 0.538. The molecule has 2 heteroatoms. The summed E-state index contributed by atoms with van der Waals surface area (Å²) in [5.41, 5.74) is 2.64. The predicted octanol–water partition coefficient (Wildman–Crippen LogP) is 4.11. The van der Waals surface area contributed by atoms with Gasteiger partial charge in [0.1, 0.15) is 0 Å². The number of nitrogens with zero attached hydrogens (tertiary/aromatic N) is 1. The molecule has 1 heterocycles. The highest BCUT2D eigenvalue weighted by Gasteiger charge is 2.13. The Balaban J connectivity index is 2.21. The number of rotatable bonds is 5. The minimum Gasteiger partial charge on any atom is -0.296 e. The Kier molecular flexibility index (Phi) is 3.14. The van der Waals surface area contributed by atoms with Gasteiger partial charge in [-0.1, -0.05) is 38.8 Å². The lowest BCUT2D eigenvalue weighted by Crippen LogP contribution is -2.17. The van der Waals surface area contributed by atoms with Crippen LogP contribution in [0.4, 0.5) is 0 Å². The maximum atomic E-state index is 3.43. The van der Waals surface area contributed by atoms with E-state index in [0.717, 1.165) is 0 Å². The minimum atomic E-state index is 0.662. The molecule has 0 spiro atoms. The lowest BCUT2D eigenvalue weighted by Gasteiger charge is -2.25. The molecular formula is C13H20N2. The van der Waals surface area contributed by atoms with Gasteiger partial charge in [-0.3, -0.25) is 9.78 Å². The van der Waals surface area contributed by atoms with E-state index in [1.165, 1.54) is 36.7 Å². The second-order valence-corrected chi connectivity index (χ2v) is 4.23. The zero-order chi connectivity index (χ0) is 10.7. The third-order valence-electron chi connectivity index (χ3n) is 3.01. The maximum absolute atomic E-state index is 3.43. The first-order valence-corrected chi connectivity index (χ1v) is 6.01. The van der Waals surface area contributed by atoms with E-state index in [0.29, 0.717) is 6.04 Å². The van der Waals surface area contributed by atoms with Crippen LogP contribution in [0, 0.1) is 0 Å². The molecule has 0 aliphatic carbocycles. The molecule has 1 N–H and O–H groups in total. The van der Waals surface area contributed by atoms with Gasteiger partial charge in [0.25, 0.3) is 0 Å². The molecule has 2 rings (SSSR count). The highest BCUT2D eigenvalue weighted by Crippen LogP contribution is 2.25. The Morgan fingerprint density at radius 3 is 2.40 bits per heavy atom. The molecule has 2 nitrogen and oxygen atoms in total. The number of aromatic nitrogens is 2. The molecule has 1 aromatic heterocycles. The number of aromatic amines is 1. The Hall–Kier alpha value is -1.18. The summed E-state index contributed by atoms with van der Waals surface area (Å²) in [6, 6.07) is 9.19. The van der Waals surface area contributed by atoms with Crippen LogP contribution in [0.5, 0.6) is 0 Å². The van der Waals surface area contributed by atoms with E-state index >= 15 is 0 Å². The SMILES string of the molecule is CCCC(CCC)n1[nH]c2ccccc21. The van der Waals surface area contributed by atoms with Crippen LogP contribution in [0.1, 0.15) is 45.6 Å². The smallest absolute Gasteiger partial charge is 0.0824 e. The zero-order valence-electron chi connectivity index (χ0n) is 9.66. The van der Waals surface area contributed by atoms with Crippen molar-refractivity contribution in [3.63, 3.8) is 0 Å². The third-order valence-corrected chi connectivity index (χ3v) is 3.01. The van der Waals surface area contributed by atoms with Crippen molar-refractivity contribution in [2.45, 2.75) is 45.6 Å². The molecule has 1 aromatic carbocycles. The van der Waals surface area contributed by atoms with Crippen LogP contribution in [-0.4, -0.2) is 9.78 Å². The van der Waals surface area contributed by atoms with Crippen LogP contribution in [0.25, 0.3) is 11.0 Å². The molecule has 0 bridgehead atoms. The van der Waals surface area contributed by atoms with E-state index in [4.69, 9.17) is 0 Å². The monoisotopic (exact) mass is 204 g/mol. The van der Waals surface area contributed by atoms with Crippen molar-refractivity contribution >= 4 is 11.0 Å². The van der Waals surface area contributed by atoms with Crippen LogP contribution in [0.15, 0.2) is 24.3 Å². The molecule has 2 aromatic rings. The molecule has 0 unspecified atom stereocenters. The van der Waals surface area contributed by atoms with Crippen LogP contribution in [0.2, 0.25) is 0 Å². The normalized spacial score (nSPS) is 11.7. The summed E-state index contributed by atoms with van der Waals surface area (Å²) < 4.78 is 2.34. The number of hydrogen-bond donors (Lipinski definition) is 1. The summed E-state index contributed by atoms with van der Waals surface area (Å²) >= 11 is 0. The van der Waals surface area contributed by atoms with Gasteiger partial charge in [-0.05, 0) is 25.0 Å². The van der Waals surface area contributed by atoms with Crippen molar-refractivity contribution in [2.24, 2.45) is 0 Å². The van der Waals surface area contributed by atoms with Crippen LogP contribution in [0.3, 0.4) is 0 Å². The molecule has 15 heavy (non-hydrogen) atoms. The number of para-hydroxylation sites is 2. The first kappa shape index (κ1) is 10.3. The standard InChI is InChI=1S/C13H20N2/c1-3-7-11(8-4-2)15-13-10-6-5-9-12(13)14-15/h5-6,9-11,14H,3-4,7-8H2,1-2H3. The van der Waals surface area contributed by atoms with Crippen LogP contribution in [-0.2, 0) is 0 Å². The molecule has 0 aliphatic heterocycles. The number of benzene rings is 1. The summed E-state index contributed by atoms with van der Waals surface area (Å²) in [5.74, 6) is 0. The second-order valence-electron chi connectivity index (χ2n) is 4.23. The highest BCUT2D eigenvalue weighted by atomic mass is 15.3. The van der Waals surface area contributed by atoms with E-state index in [-0.39, 0.29) is 0 Å². The number of hydrogen-bond acceptors (Lipinski definition) is 0. The zero-order valence-corrected chi connectivity index (χ0v) is 9.66. The van der Waals surface area contributed by atoms with Crippen molar-refractivity contribution in [1.29, 1.82) is 0 Å². The van der Waals surface area contributed by atoms with E-state index in [2.05, 4.69) is 47.9 Å². The van der Waals surface area contributed by atoms with Crippen molar-refractivity contribution in [3.8, 4) is 0 Å². The third kappa shape index (κ3) is 1.94. The molecule has 0 fully saturated rings. The van der Waals surface area contributed by atoms with Gasteiger partial charge in [0.2, 0.25) is 0 Å². The second kappa shape index (κ2) is 4.56. The average molecular weight is 204 g/mol. The number of nitrogens with one attached hydrogen (secondary N) is 1. The summed E-state index contributed by atoms with van der Waals surface area (Å²) in [4.78, 5) is 0. The first-order chi connectivity index (χ1) is 7.36. The summed E-state index contributed by atoms with van der Waals surface area (Å²) in [7, 11) is 0.